The van der Waals surface area contributed by atoms with Crippen molar-refractivity contribution in [3.63, 3.8) is 0 Å². The van der Waals surface area contributed by atoms with Crippen molar-refractivity contribution in [3.8, 4) is 11.5 Å². The van der Waals surface area contributed by atoms with Crippen molar-refractivity contribution >= 4 is 0 Å². The summed E-state index contributed by atoms with van der Waals surface area (Å²) in [4.78, 5) is 0. The SMILES string of the molecule is COc1ccc(OC(C)C)c(CCN)c1. The molecule has 0 fully saturated rings. The lowest BCUT2D eigenvalue weighted by molar-refractivity contribution is 0.239. The van der Waals surface area contributed by atoms with E-state index in [4.69, 9.17) is 15.2 Å². The standard InChI is InChI=1S/C12H19NO2/c1-9(2)15-12-5-4-11(14-3)8-10(12)6-7-13/h4-5,8-9H,6-7,13H2,1-3H3. The normalized spacial score (nSPS) is 10.5. The zero-order valence-electron chi connectivity index (χ0n) is 9.62. The molecule has 0 radical (unpaired) electrons. The molecule has 0 aliphatic heterocycles. The third-order valence-electron chi connectivity index (χ3n) is 2.04. The number of benzene rings is 1. The van der Waals surface area contributed by atoms with E-state index in [0.29, 0.717) is 6.54 Å². The fourth-order valence-electron chi connectivity index (χ4n) is 1.40. The van der Waals surface area contributed by atoms with Crippen LogP contribution in [0.5, 0.6) is 11.5 Å². The van der Waals surface area contributed by atoms with Crippen molar-refractivity contribution in [2.45, 2.75) is 26.4 Å². The van der Waals surface area contributed by atoms with Crippen molar-refractivity contribution in [2.75, 3.05) is 13.7 Å². The molecule has 0 amide bonds. The summed E-state index contributed by atoms with van der Waals surface area (Å²) in [6.07, 6.45) is 0.981. The van der Waals surface area contributed by atoms with Gasteiger partial charge in [0, 0.05) is 0 Å². The zero-order valence-corrected chi connectivity index (χ0v) is 9.62. The van der Waals surface area contributed by atoms with Crippen LogP contribution in [0.2, 0.25) is 0 Å². The first kappa shape index (κ1) is 11.9. The van der Waals surface area contributed by atoms with Crippen molar-refractivity contribution in [1.82, 2.24) is 0 Å². The van der Waals surface area contributed by atoms with Gasteiger partial charge in [-0.3, -0.25) is 0 Å². The van der Waals surface area contributed by atoms with Gasteiger partial charge in [0.25, 0.3) is 0 Å². The Balaban J connectivity index is 2.92. The number of nitrogens with two attached hydrogens (primary N) is 1. The first-order chi connectivity index (χ1) is 7.17. The van der Waals surface area contributed by atoms with Crippen LogP contribution >= 0.6 is 0 Å². The van der Waals surface area contributed by atoms with Crippen LogP contribution in [0.1, 0.15) is 19.4 Å². The minimum atomic E-state index is 0.176. The fourth-order valence-corrected chi connectivity index (χ4v) is 1.40. The summed E-state index contributed by atoms with van der Waals surface area (Å²) in [6.45, 7) is 4.63. The Hall–Kier alpha value is -1.22. The third-order valence-corrected chi connectivity index (χ3v) is 2.04. The van der Waals surface area contributed by atoms with E-state index in [9.17, 15) is 0 Å². The van der Waals surface area contributed by atoms with Gasteiger partial charge in [0.15, 0.2) is 0 Å². The molecular formula is C12H19NO2. The molecule has 3 heteroatoms. The van der Waals surface area contributed by atoms with E-state index in [1.54, 1.807) is 7.11 Å². The average molecular weight is 209 g/mol. The Morgan fingerprint density at radius 1 is 1.33 bits per heavy atom. The van der Waals surface area contributed by atoms with Gasteiger partial charge in [-0.15, -0.1) is 0 Å². The molecular weight excluding hydrogens is 190 g/mol. The van der Waals surface area contributed by atoms with Gasteiger partial charge < -0.3 is 15.2 Å². The fraction of sp³-hybridized carbons (Fsp3) is 0.500. The van der Waals surface area contributed by atoms with E-state index < -0.39 is 0 Å². The second-order valence-corrected chi connectivity index (χ2v) is 3.68. The van der Waals surface area contributed by atoms with Gasteiger partial charge in [0.1, 0.15) is 11.5 Å². The largest absolute Gasteiger partial charge is 0.497 e. The predicted octanol–water partition coefficient (Wildman–Crippen LogP) is 1.98. The minimum Gasteiger partial charge on any atom is -0.497 e. The highest BCUT2D eigenvalue weighted by atomic mass is 16.5. The van der Waals surface area contributed by atoms with Crippen LogP contribution in [0.3, 0.4) is 0 Å². The molecule has 0 spiro atoms. The Kier molecular flexibility index (Phi) is 4.43. The van der Waals surface area contributed by atoms with Crippen LogP contribution in [0.4, 0.5) is 0 Å². The highest BCUT2D eigenvalue weighted by Crippen LogP contribution is 2.25. The number of rotatable bonds is 5. The van der Waals surface area contributed by atoms with Crippen LogP contribution in [-0.2, 0) is 6.42 Å². The van der Waals surface area contributed by atoms with Crippen LogP contribution in [-0.4, -0.2) is 19.8 Å². The Labute approximate surface area is 91.2 Å². The summed E-state index contributed by atoms with van der Waals surface area (Å²) in [5.41, 5.74) is 6.66. The van der Waals surface area contributed by atoms with Crippen LogP contribution in [0.25, 0.3) is 0 Å². The van der Waals surface area contributed by atoms with E-state index in [1.165, 1.54) is 0 Å². The summed E-state index contributed by atoms with van der Waals surface area (Å²) in [7, 11) is 1.66. The van der Waals surface area contributed by atoms with Crippen LogP contribution < -0.4 is 15.2 Å². The van der Waals surface area contributed by atoms with Gasteiger partial charge in [-0.25, -0.2) is 0 Å². The van der Waals surface area contributed by atoms with Crippen molar-refractivity contribution < 1.29 is 9.47 Å². The molecule has 0 heterocycles. The minimum absolute atomic E-state index is 0.176. The molecule has 0 bridgehead atoms. The average Bonchev–Trinajstić information content (AvgIpc) is 2.20. The molecule has 0 aliphatic rings. The summed E-state index contributed by atoms with van der Waals surface area (Å²) in [5, 5.41) is 0. The lowest BCUT2D eigenvalue weighted by Gasteiger charge is -2.14. The van der Waals surface area contributed by atoms with E-state index in [1.807, 2.05) is 32.0 Å². The molecule has 15 heavy (non-hydrogen) atoms. The second-order valence-electron chi connectivity index (χ2n) is 3.68. The molecule has 1 rings (SSSR count). The quantitative estimate of drug-likeness (QED) is 0.806. The van der Waals surface area contributed by atoms with Gasteiger partial charge in [-0.05, 0) is 50.6 Å². The summed E-state index contributed by atoms with van der Waals surface area (Å²) < 4.78 is 10.9. The van der Waals surface area contributed by atoms with Crippen molar-refractivity contribution in [1.29, 1.82) is 0 Å². The lowest BCUT2D eigenvalue weighted by atomic mass is 10.1. The van der Waals surface area contributed by atoms with Gasteiger partial charge in [-0.2, -0.15) is 0 Å². The van der Waals surface area contributed by atoms with E-state index in [2.05, 4.69) is 0 Å². The maximum Gasteiger partial charge on any atom is 0.123 e. The summed E-state index contributed by atoms with van der Waals surface area (Å²) in [5.74, 6) is 1.74. The maximum atomic E-state index is 5.69. The molecule has 1 aromatic carbocycles. The topological polar surface area (TPSA) is 44.5 Å². The summed E-state index contributed by atoms with van der Waals surface area (Å²) in [6, 6.07) is 5.81. The number of methoxy groups -OCH3 is 1. The van der Waals surface area contributed by atoms with E-state index in [-0.39, 0.29) is 6.10 Å². The Morgan fingerprint density at radius 3 is 2.60 bits per heavy atom. The first-order valence-corrected chi connectivity index (χ1v) is 5.21. The molecule has 3 nitrogen and oxygen atoms in total. The van der Waals surface area contributed by atoms with Crippen molar-refractivity contribution in [2.24, 2.45) is 5.73 Å². The van der Waals surface area contributed by atoms with Gasteiger partial charge in [0.05, 0.1) is 13.2 Å². The Bertz CT molecular complexity index is 310. The number of hydrogen-bond donors (Lipinski definition) is 1. The molecule has 0 atom stereocenters. The van der Waals surface area contributed by atoms with E-state index in [0.717, 1.165) is 23.5 Å². The predicted molar refractivity (Wildman–Crippen MR) is 61.5 cm³/mol. The molecule has 2 N–H and O–H groups in total. The molecule has 0 saturated carbocycles. The molecule has 0 unspecified atom stereocenters. The molecule has 0 saturated heterocycles. The zero-order chi connectivity index (χ0) is 11.3. The molecule has 0 aliphatic carbocycles. The van der Waals surface area contributed by atoms with Crippen LogP contribution in [0.15, 0.2) is 18.2 Å². The second kappa shape index (κ2) is 5.61. The lowest BCUT2D eigenvalue weighted by Crippen LogP contribution is -2.10. The monoisotopic (exact) mass is 209 g/mol. The van der Waals surface area contributed by atoms with Crippen molar-refractivity contribution in [3.05, 3.63) is 23.8 Å². The van der Waals surface area contributed by atoms with Gasteiger partial charge in [0.2, 0.25) is 0 Å². The third kappa shape index (κ3) is 3.44. The highest BCUT2D eigenvalue weighted by Gasteiger charge is 2.06. The van der Waals surface area contributed by atoms with Gasteiger partial charge in [-0.1, -0.05) is 0 Å². The molecule has 84 valence electrons. The molecule has 0 aromatic heterocycles. The first-order valence-electron chi connectivity index (χ1n) is 5.21. The van der Waals surface area contributed by atoms with E-state index >= 15 is 0 Å². The summed E-state index contributed by atoms with van der Waals surface area (Å²) >= 11 is 0. The Morgan fingerprint density at radius 2 is 2.07 bits per heavy atom. The van der Waals surface area contributed by atoms with Gasteiger partial charge >= 0.3 is 0 Å². The maximum absolute atomic E-state index is 5.69. The number of hydrogen-bond acceptors (Lipinski definition) is 3. The van der Waals surface area contributed by atoms with Crippen LogP contribution in [0, 0.1) is 0 Å². The highest BCUT2D eigenvalue weighted by molar-refractivity contribution is 5.40. The smallest absolute Gasteiger partial charge is 0.123 e. The number of ether oxygens (including phenoxy) is 2. The molecule has 1 aromatic rings.